The van der Waals surface area contributed by atoms with Crippen LogP contribution in [0.2, 0.25) is 10.6 Å². The maximum Gasteiger partial charge on any atom is 0.404 e. The minimum absolute atomic E-state index is 0.0192. The molecule has 4 aliphatic heterocycles. The van der Waals surface area contributed by atoms with E-state index in [1.807, 2.05) is 9.80 Å². The van der Waals surface area contributed by atoms with E-state index in [0.29, 0.717) is 64.2 Å². The van der Waals surface area contributed by atoms with Gasteiger partial charge in [0.25, 0.3) is 0 Å². The number of carboxylic acid groups (broad SMARTS) is 2. The summed E-state index contributed by atoms with van der Waals surface area (Å²) in [5, 5.41) is 22.3. The summed E-state index contributed by atoms with van der Waals surface area (Å²) in [7, 11) is 0. The van der Waals surface area contributed by atoms with Crippen LogP contribution in [-0.4, -0.2) is 168 Å². The van der Waals surface area contributed by atoms with Crippen LogP contribution in [0.25, 0.3) is 0 Å². The first-order valence-electron chi connectivity index (χ1n) is 25.5. The lowest BCUT2D eigenvalue weighted by atomic mass is 9.92. The van der Waals surface area contributed by atoms with E-state index in [9.17, 15) is 19.2 Å². The number of amides is 4. The molecule has 4 atom stereocenters. The topological polar surface area (TPSA) is 264 Å². The third kappa shape index (κ3) is 16.1. The molecule has 400 valence electrons. The third-order valence-corrected chi connectivity index (χ3v) is 14.9. The first-order valence-corrected chi connectivity index (χ1v) is 26.2. The molecule has 0 spiro atoms. The molecule has 22 nitrogen and oxygen atoms in total. The van der Waals surface area contributed by atoms with Gasteiger partial charge in [0.2, 0.25) is 34.0 Å². The molecule has 0 unspecified atom stereocenters. The van der Waals surface area contributed by atoms with Crippen LogP contribution in [0.15, 0.2) is 0 Å². The van der Waals surface area contributed by atoms with Gasteiger partial charge in [0.05, 0.1) is 38.3 Å². The number of rotatable bonds is 20. The summed E-state index contributed by atoms with van der Waals surface area (Å²) in [5.74, 6) is -2.92. The quantitative estimate of drug-likeness (QED) is 0.0644. The van der Waals surface area contributed by atoms with Crippen LogP contribution in [-0.2, 0) is 19.1 Å². The van der Waals surface area contributed by atoms with Gasteiger partial charge in [-0.3, -0.25) is 41.1 Å². The van der Waals surface area contributed by atoms with Gasteiger partial charge in [-0.2, -0.15) is 28.7 Å². The fourth-order valence-electron chi connectivity index (χ4n) is 10.9. The largest absolute Gasteiger partial charge is 0.465 e. The third-order valence-electron chi connectivity index (χ3n) is 14.6. The number of aromatic nitrogens is 4. The minimum atomic E-state index is -1.19. The van der Waals surface area contributed by atoms with Crippen LogP contribution < -0.4 is 42.1 Å². The number of nitrogens with zero attached hydrogens (tertiary/aromatic N) is 8. The van der Waals surface area contributed by atoms with Crippen molar-refractivity contribution in [1.29, 1.82) is 0 Å². The van der Waals surface area contributed by atoms with Gasteiger partial charge in [0, 0.05) is 77.5 Å². The van der Waals surface area contributed by atoms with Gasteiger partial charge >= 0.3 is 12.2 Å². The molecular weight excluding hydrogens is 985 g/mol. The molecule has 2 saturated carbocycles. The van der Waals surface area contributed by atoms with Crippen molar-refractivity contribution in [3.8, 4) is 0 Å². The van der Waals surface area contributed by atoms with Crippen LogP contribution in [0, 0.1) is 35.3 Å². The van der Waals surface area contributed by atoms with E-state index in [2.05, 4.69) is 62.1 Å². The van der Waals surface area contributed by atoms with E-state index >= 15 is 8.78 Å². The van der Waals surface area contributed by atoms with Gasteiger partial charge in [-0.25, -0.2) is 9.59 Å². The van der Waals surface area contributed by atoms with E-state index in [0.717, 1.165) is 116 Å². The van der Waals surface area contributed by atoms with E-state index in [1.165, 1.54) is 0 Å². The van der Waals surface area contributed by atoms with Gasteiger partial charge in [0.15, 0.2) is 23.3 Å². The Bertz CT molecular complexity index is 1970. The molecule has 6 aliphatic rings. The zero-order chi connectivity index (χ0) is 51.0. The van der Waals surface area contributed by atoms with Crippen LogP contribution in [0.3, 0.4) is 0 Å². The molecule has 2 aliphatic carbocycles. The zero-order valence-electron chi connectivity index (χ0n) is 40.7. The normalized spacial score (nSPS) is 21.9. The molecule has 4 saturated heterocycles. The van der Waals surface area contributed by atoms with Crippen LogP contribution in [0.1, 0.15) is 89.9 Å². The van der Waals surface area contributed by atoms with Gasteiger partial charge in [0.1, 0.15) is 0 Å². The summed E-state index contributed by atoms with van der Waals surface area (Å²) < 4.78 is 41.9. The average Bonchev–Trinajstić information content (AvgIpc) is 4.23. The summed E-state index contributed by atoms with van der Waals surface area (Å²) in [4.78, 5) is 72.5. The van der Waals surface area contributed by atoms with Crippen LogP contribution in [0.4, 0.5) is 41.6 Å². The first kappa shape index (κ1) is 54.9. The molecule has 2 aromatic heterocycles. The van der Waals surface area contributed by atoms with Crippen LogP contribution in [0.5, 0.6) is 0 Å². The van der Waals surface area contributed by atoms with Crippen molar-refractivity contribution >= 4 is 70.5 Å². The van der Waals surface area contributed by atoms with Crippen molar-refractivity contribution in [2.45, 2.75) is 102 Å². The summed E-state index contributed by atoms with van der Waals surface area (Å²) in [5.41, 5.74) is 10.2. The predicted molar refractivity (Wildman–Crippen MR) is 265 cm³/mol. The highest BCUT2D eigenvalue weighted by molar-refractivity contribution is 6.28. The summed E-state index contributed by atoms with van der Waals surface area (Å²) in [6.45, 7) is 8.96. The lowest BCUT2D eigenvalue weighted by molar-refractivity contribution is -0.125. The van der Waals surface area contributed by atoms with Crippen molar-refractivity contribution < 1.29 is 47.6 Å². The number of hydrazine groups is 2. The van der Waals surface area contributed by atoms with Crippen molar-refractivity contribution in [2.75, 3.05) is 113 Å². The van der Waals surface area contributed by atoms with E-state index in [4.69, 9.17) is 42.9 Å². The van der Waals surface area contributed by atoms with Gasteiger partial charge in [-0.05, 0) is 73.6 Å². The fourth-order valence-corrected chi connectivity index (χ4v) is 11.2. The highest BCUT2D eigenvalue weighted by atomic mass is 35.5. The van der Waals surface area contributed by atoms with E-state index in [-0.39, 0.29) is 59.0 Å². The molecule has 8 N–H and O–H groups in total. The van der Waals surface area contributed by atoms with E-state index < -0.39 is 47.5 Å². The number of hydrogen-bond donors (Lipinski definition) is 8. The molecular formula is C46H70Cl2F2N14O8. The molecule has 0 radical (unpaired) electrons. The lowest BCUT2D eigenvalue weighted by Crippen LogP contribution is -2.45. The summed E-state index contributed by atoms with van der Waals surface area (Å²) in [6, 6.07) is 0.174. The number of nitrogens with one attached hydrogen (secondary N) is 6. The number of carbonyl (C=O) groups excluding carboxylic acids is 2. The number of halogens is 4. The zero-order valence-corrected chi connectivity index (χ0v) is 42.2. The molecule has 6 heterocycles. The minimum Gasteiger partial charge on any atom is -0.465 e. The number of ether oxygens (including phenoxy) is 2. The highest BCUT2D eigenvalue weighted by Gasteiger charge is 2.35. The molecule has 4 amide bonds. The van der Waals surface area contributed by atoms with Gasteiger partial charge in [-0.1, -0.05) is 51.4 Å². The SMILES string of the molecule is O=C(O)NC[C@@H](CC1CCCC1)C(=O)NNc1nc(Cl)nc(N2CCC[C@@H]2CN2CCOCC2)c1F.O=C(O)NC[C@@H](CC1CCCC1)C(=O)NNc1nc(Cl)nc(N2CCC[C@@H]2CN2CCOCC2)c1F. The Labute approximate surface area is 428 Å². The average molecular weight is 1060 g/mol. The molecule has 0 bridgehead atoms. The number of morpholine rings is 2. The molecule has 72 heavy (non-hydrogen) atoms. The standard InChI is InChI=1S/2C23H35ClFN7O4/c2*24-22-27-19(29-30-21(33)16(13-26-23(34)35)12-15-4-1-2-5-15)18(25)20(28-22)32-7-3-6-17(32)14-31-8-10-36-11-9-31/h2*15-17,26H,1-14H2,(H,30,33)(H,34,35)(H,27,28,29)/t2*16-,17-/m11/s1. The predicted octanol–water partition coefficient (Wildman–Crippen LogP) is 4.95. The molecule has 8 rings (SSSR count). The molecule has 0 aromatic carbocycles. The van der Waals surface area contributed by atoms with Crippen LogP contribution >= 0.6 is 23.2 Å². The second kappa shape index (κ2) is 27.4. The molecule has 2 aromatic rings. The Kier molecular flexibility index (Phi) is 20.9. The monoisotopic (exact) mass is 1050 g/mol. The fraction of sp³-hybridized carbons (Fsp3) is 0.739. The maximum absolute atomic E-state index is 15.5. The Morgan fingerprint density at radius 3 is 1.31 bits per heavy atom. The van der Waals surface area contributed by atoms with Gasteiger partial charge < -0.3 is 40.1 Å². The summed E-state index contributed by atoms with van der Waals surface area (Å²) in [6.07, 6.45) is 10.9. The maximum atomic E-state index is 15.5. The van der Waals surface area contributed by atoms with Crippen molar-refractivity contribution in [3.63, 3.8) is 0 Å². The van der Waals surface area contributed by atoms with Crippen molar-refractivity contribution in [1.82, 2.24) is 51.2 Å². The second-order valence-electron chi connectivity index (χ2n) is 19.5. The second-order valence-corrected chi connectivity index (χ2v) is 20.2. The number of anilines is 4. The molecule has 26 heteroatoms. The summed E-state index contributed by atoms with van der Waals surface area (Å²) >= 11 is 12.3. The molecule has 6 fully saturated rings. The van der Waals surface area contributed by atoms with Gasteiger partial charge in [-0.15, -0.1) is 0 Å². The Morgan fingerprint density at radius 2 is 0.944 bits per heavy atom. The van der Waals surface area contributed by atoms with Crippen molar-refractivity contribution in [2.24, 2.45) is 23.7 Å². The van der Waals surface area contributed by atoms with Crippen molar-refractivity contribution in [3.05, 3.63) is 22.2 Å². The number of carbonyl (C=O) groups is 4. The Hall–Kier alpha value is -4.88. The highest BCUT2D eigenvalue weighted by Crippen LogP contribution is 2.34. The Balaban J connectivity index is 0.000000211. The smallest absolute Gasteiger partial charge is 0.404 e. The van der Waals surface area contributed by atoms with E-state index in [1.54, 1.807) is 0 Å². The first-order chi connectivity index (χ1) is 34.8. The Morgan fingerprint density at radius 1 is 0.569 bits per heavy atom. The lowest BCUT2D eigenvalue weighted by Gasteiger charge is -2.33. The number of hydrogen-bond acceptors (Lipinski definition) is 16.